The van der Waals surface area contributed by atoms with E-state index < -0.39 is 0 Å². The van der Waals surface area contributed by atoms with Gasteiger partial charge in [-0.05, 0) is 37.3 Å². The highest BCUT2D eigenvalue weighted by molar-refractivity contribution is 5.92. The van der Waals surface area contributed by atoms with Crippen molar-refractivity contribution in [2.75, 3.05) is 31.6 Å². The van der Waals surface area contributed by atoms with Crippen LogP contribution < -0.4 is 5.32 Å². The molecular weight excluding hydrogens is 276 g/mol. The molecule has 1 heterocycles. The Bertz CT molecular complexity index is 480. The summed E-state index contributed by atoms with van der Waals surface area (Å²) >= 11 is 0. The number of carbonyl (C=O) groups is 1. The van der Waals surface area contributed by atoms with Crippen LogP contribution in [0.15, 0.2) is 24.3 Å². The van der Waals surface area contributed by atoms with Crippen molar-refractivity contribution in [2.24, 2.45) is 5.92 Å². The summed E-state index contributed by atoms with van der Waals surface area (Å²) in [7, 11) is 0. The number of anilines is 1. The number of hydrogen-bond donors (Lipinski definition) is 1. The molecule has 0 bridgehead atoms. The first-order valence-corrected chi connectivity index (χ1v) is 8.24. The topological polar surface area (TPSA) is 41.6 Å². The van der Waals surface area contributed by atoms with E-state index in [2.05, 4.69) is 24.1 Å². The van der Waals surface area contributed by atoms with Crippen molar-refractivity contribution in [3.05, 3.63) is 29.8 Å². The average molecular weight is 304 g/mol. The lowest BCUT2D eigenvalue weighted by molar-refractivity contribution is -0.118. The van der Waals surface area contributed by atoms with Crippen molar-refractivity contribution in [3.8, 4) is 0 Å². The van der Waals surface area contributed by atoms with Crippen molar-refractivity contribution in [2.45, 2.75) is 39.7 Å². The van der Waals surface area contributed by atoms with Crippen molar-refractivity contribution >= 4 is 11.6 Å². The van der Waals surface area contributed by atoms with Crippen molar-refractivity contribution in [3.63, 3.8) is 0 Å². The van der Waals surface area contributed by atoms with E-state index in [0.29, 0.717) is 18.6 Å². The predicted octanol–water partition coefficient (Wildman–Crippen LogP) is 3.07. The third-order valence-electron chi connectivity index (χ3n) is 3.99. The molecule has 2 rings (SSSR count). The fourth-order valence-electron chi connectivity index (χ4n) is 2.67. The highest BCUT2D eigenvalue weighted by atomic mass is 16.5. The molecule has 1 fully saturated rings. The Morgan fingerprint density at radius 2 is 2.00 bits per heavy atom. The first-order valence-electron chi connectivity index (χ1n) is 8.24. The fraction of sp³-hybridized carbons (Fsp3) is 0.611. The Labute approximate surface area is 133 Å². The van der Waals surface area contributed by atoms with Gasteiger partial charge < -0.3 is 10.1 Å². The minimum absolute atomic E-state index is 0.0656. The summed E-state index contributed by atoms with van der Waals surface area (Å²) in [5, 5.41) is 3.00. The predicted molar refractivity (Wildman–Crippen MR) is 90.1 cm³/mol. The zero-order valence-electron chi connectivity index (χ0n) is 14.0. The van der Waals surface area contributed by atoms with E-state index in [1.807, 2.05) is 31.2 Å². The summed E-state index contributed by atoms with van der Waals surface area (Å²) in [5.74, 6) is 0.647. The molecule has 1 N–H and O–H groups in total. The zero-order chi connectivity index (χ0) is 15.9. The van der Waals surface area contributed by atoms with Crippen LogP contribution in [0.2, 0.25) is 0 Å². The van der Waals surface area contributed by atoms with Crippen molar-refractivity contribution in [1.82, 2.24) is 4.90 Å². The lowest BCUT2D eigenvalue weighted by Crippen LogP contribution is -2.41. The number of likely N-dealkylation sites (tertiary alicyclic amines) is 1. The van der Waals surface area contributed by atoms with Gasteiger partial charge in [-0.2, -0.15) is 0 Å². The van der Waals surface area contributed by atoms with Crippen LogP contribution in [0.5, 0.6) is 0 Å². The Kier molecular flexibility index (Phi) is 6.40. The Morgan fingerprint density at radius 3 is 2.64 bits per heavy atom. The molecule has 0 aromatic heterocycles. The van der Waals surface area contributed by atoms with Crippen LogP contribution in [-0.2, 0) is 9.53 Å². The summed E-state index contributed by atoms with van der Waals surface area (Å²) < 4.78 is 5.88. The molecule has 1 aliphatic heterocycles. The fourth-order valence-corrected chi connectivity index (χ4v) is 2.67. The highest BCUT2D eigenvalue weighted by Crippen LogP contribution is 2.16. The molecule has 4 heteroatoms. The van der Waals surface area contributed by atoms with Crippen molar-refractivity contribution in [1.29, 1.82) is 0 Å². The number of carbonyl (C=O) groups excluding carboxylic acids is 1. The SMILES string of the molecule is Cc1ccccc1NC(=O)CN1CCC(OCC(C)C)CC1. The van der Waals surface area contributed by atoms with E-state index in [0.717, 1.165) is 43.8 Å². The van der Waals surface area contributed by atoms with Gasteiger partial charge in [0.15, 0.2) is 0 Å². The number of benzene rings is 1. The first kappa shape index (κ1) is 17.0. The molecule has 1 saturated heterocycles. The lowest BCUT2D eigenvalue weighted by atomic mass is 10.1. The summed E-state index contributed by atoms with van der Waals surface area (Å²) in [6.07, 6.45) is 2.40. The number of piperidine rings is 1. The maximum atomic E-state index is 12.1. The normalized spacial score (nSPS) is 16.9. The van der Waals surface area contributed by atoms with Crippen molar-refractivity contribution < 1.29 is 9.53 Å². The second-order valence-electron chi connectivity index (χ2n) is 6.57. The van der Waals surface area contributed by atoms with E-state index in [1.165, 1.54) is 0 Å². The van der Waals surface area contributed by atoms with Crippen LogP contribution in [0.3, 0.4) is 0 Å². The lowest BCUT2D eigenvalue weighted by Gasteiger charge is -2.31. The number of rotatable bonds is 6. The minimum atomic E-state index is 0.0656. The maximum Gasteiger partial charge on any atom is 0.238 e. The van der Waals surface area contributed by atoms with E-state index >= 15 is 0 Å². The summed E-state index contributed by atoms with van der Waals surface area (Å²) in [5.41, 5.74) is 2.00. The number of hydrogen-bond acceptors (Lipinski definition) is 3. The van der Waals surface area contributed by atoms with Gasteiger partial charge in [-0.15, -0.1) is 0 Å². The number of nitrogens with zero attached hydrogens (tertiary/aromatic N) is 1. The van der Waals surface area contributed by atoms with Crippen LogP contribution in [0.4, 0.5) is 5.69 Å². The third kappa shape index (κ3) is 5.43. The number of nitrogens with one attached hydrogen (secondary N) is 1. The number of amides is 1. The Hall–Kier alpha value is -1.39. The van der Waals surface area contributed by atoms with Crippen LogP contribution >= 0.6 is 0 Å². The molecule has 0 unspecified atom stereocenters. The first-order chi connectivity index (χ1) is 10.5. The summed E-state index contributed by atoms with van der Waals surface area (Å²) in [6.45, 7) is 9.51. The molecule has 1 aromatic rings. The summed E-state index contributed by atoms with van der Waals surface area (Å²) in [6, 6.07) is 7.87. The minimum Gasteiger partial charge on any atom is -0.378 e. The van der Waals surface area contributed by atoms with Gasteiger partial charge in [-0.25, -0.2) is 0 Å². The van der Waals surface area contributed by atoms with Crippen LogP contribution in [0, 0.1) is 12.8 Å². The molecule has 0 spiro atoms. The Balaban J connectivity index is 1.72. The van der Waals surface area contributed by atoms with Gasteiger partial charge in [0, 0.05) is 25.4 Å². The maximum absolute atomic E-state index is 12.1. The number of para-hydroxylation sites is 1. The molecule has 0 aliphatic carbocycles. The zero-order valence-corrected chi connectivity index (χ0v) is 14.0. The molecule has 1 aromatic carbocycles. The number of ether oxygens (including phenoxy) is 1. The Morgan fingerprint density at radius 1 is 1.32 bits per heavy atom. The molecule has 0 radical (unpaired) electrons. The molecule has 0 saturated carbocycles. The quantitative estimate of drug-likeness (QED) is 0.878. The average Bonchev–Trinajstić information content (AvgIpc) is 2.49. The smallest absolute Gasteiger partial charge is 0.238 e. The second-order valence-corrected chi connectivity index (χ2v) is 6.57. The monoisotopic (exact) mass is 304 g/mol. The third-order valence-corrected chi connectivity index (χ3v) is 3.99. The van der Waals surface area contributed by atoms with Gasteiger partial charge in [0.2, 0.25) is 5.91 Å². The van der Waals surface area contributed by atoms with Gasteiger partial charge in [-0.3, -0.25) is 9.69 Å². The molecule has 1 aliphatic rings. The largest absolute Gasteiger partial charge is 0.378 e. The molecule has 1 amide bonds. The van der Waals surface area contributed by atoms with Gasteiger partial charge in [0.05, 0.1) is 12.6 Å². The summed E-state index contributed by atoms with van der Waals surface area (Å²) in [4.78, 5) is 14.4. The van der Waals surface area contributed by atoms with E-state index in [1.54, 1.807) is 0 Å². The van der Waals surface area contributed by atoms with Crippen LogP contribution in [0.1, 0.15) is 32.3 Å². The van der Waals surface area contributed by atoms with E-state index in [-0.39, 0.29) is 5.91 Å². The van der Waals surface area contributed by atoms with Crippen LogP contribution in [0.25, 0.3) is 0 Å². The van der Waals surface area contributed by atoms with E-state index in [4.69, 9.17) is 4.74 Å². The molecule has 122 valence electrons. The highest BCUT2D eigenvalue weighted by Gasteiger charge is 2.21. The van der Waals surface area contributed by atoms with Gasteiger partial charge >= 0.3 is 0 Å². The standard InChI is InChI=1S/C18H28N2O2/c1-14(2)13-22-16-8-10-20(11-9-16)12-18(21)19-17-7-5-4-6-15(17)3/h4-7,14,16H,8-13H2,1-3H3,(H,19,21). The molecular formula is C18H28N2O2. The molecule has 4 nitrogen and oxygen atoms in total. The van der Waals surface area contributed by atoms with Gasteiger partial charge in [-0.1, -0.05) is 32.0 Å². The van der Waals surface area contributed by atoms with E-state index in [9.17, 15) is 4.79 Å². The van der Waals surface area contributed by atoms with Gasteiger partial charge in [0.25, 0.3) is 0 Å². The molecule has 22 heavy (non-hydrogen) atoms. The second kappa shape index (κ2) is 8.30. The number of aryl methyl sites for hydroxylation is 1. The van der Waals surface area contributed by atoms with Gasteiger partial charge in [0.1, 0.15) is 0 Å². The molecule has 0 atom stereocenters. The van der Waals surface area contributed by atoms with Crippen LogP contribution in [-0.4, -0.2) is 43.2 Å².